The van der Waals surface area contributed by atoms with Gasteiger partial charge in [-0.05, 0) is 37.2 Å². The third-order valence-corrected chi connectivity index (χ3v) is 2.63. The summed E-state index contributed by atoms with van der Waals surface area (Å²) in [5.74, 6) is 0. The standard InChI is InChI=1S/C13H19N3OS/c1-10-4-5-11(2)12(8-10)9-15-16-13(18)14-6-7-17-3/h4-5,8-9H,6-7H2,1-3H3,(H2,14,16,18). The van der Waals surface area contributed by atoms with E-state index in [2.05, 4.69) is 47.9 Å². The molecule has 0 saturated carbocycles. The molecule has 1 aromatic carbocycles. The van der Waals surface area contributed by atoms with E-state index in [4.69, 9.17) is 17.0 Å². The van der Waals surface area contributed by atoms with E-state index in [1.54, 1.807) is 13.3 Å². The molecule has 0 spiro atoms. The number of ether oxygens (including phenoxy) is 1. The maximum absolute atomic E-state index is 5.05. The first-order valence-electron chi connectivity index (χ1n) is 5.76. The van der Waals surface area contributed by atoms with Crippen molar-refractivity contribution < 1.29 is 4.74 Å². The molecule has 0 unspecified atom stereocenters. The van der Waals surface area contributed by atoms with Gasteiger partial charge in [0.05, 0.1) is 12.8 Å². The molecule has 0 aromatic heterocycles. The van der Waals surface area contributed by atoms with Gasteiger partial charge in [-0.3, -0.25) is 5.43 Å². The molecule has 0 aliphatic rings. The molecule has 18 heavy (non-hydrogen) atoms. The summed E-state index contributed by atoms with van der Waals surface area (Å²) in [7, 11) is 1.65. The minimum absolute atomic E-state index is 0.494. The summed E-state index contributed by atoms with van der Waals surface area (Å²) in [4.78, 5) is 0. The van der Waals surface area contributed by atoms with Crippen molar-refractivity contribution in [1.29, 1.82) is 0 Å². The summed E-state index contributed by atoms with van der Waals surface area (Å²) in [6.45, 7) is 5.39. The average molecular weight is 265 g/mol. The van der Waals surface area contributed by atoms with Crippen molar-refractivity contribution in [3.05, 3.63) is 34.9 Å². The van der Waals surface area contributed by atoms with E-state index < -0.39 is 0 Å². The molecule has 4 nitrogen and oxygen atoms in total. The lowest BCUT2D eigenvalue weighted by molar-refractivity contribution is 0.204. The Morgan fingerprint density at radius 3 is 2.94 bits per heavy atom. The first-order chi connectivity index (χ1) is 8.63. The van der Waals surface area contributed by atoms with E-state index in [9.17, 15) is 0 Å². The summed E-state index contributed by atoms with van der Waals surface area (Å²) >= 11 is 5.05. The number of benzene rings is 1. The molecule has 0 aliphatic carbocycles. The molecular weight excluding hydrogens is 246 g/mol. The molecule has 0 aliphatic heterocycles. The van der Waals surface area contributed by atoms with Gasteiger partial charge >= 0.3 is 0 Å². The van der Waals surface area contributed by atoms with E-state index in [1.807, 2.05) is 0 Å². The predicted molar refractivity (Wildman–Crippen MR) is 79.1 cm³/mol. The van der Waals surface area contributed by atoms with Crippen LogP contribution >= 0.6 is 12.2 Å². The third-order valence-electron chi connectivity index (χ3n) is 2.40. The summed E-state index contributed by atoms with van der Waals surface area (Å²) in [5.41, 5.74) is 6.25. The first kappa shape index (κ1) is 14.6. The van der Waals surface area contributed by atoms with Gasteiger partial charge in [-0.1, -0.05) is 23.8 Å². The van der Waals surface area contributed by atoms with Crippen molar-refractivity contribution >= 4 is 23.5 Å². The molecule has 0 atom stereocenters. The molecule has 0 fully saturated rings. The number of hydrogen-bond donors (Lipinski definition) is 2. The SMILES string of the molecule is COCCNC(=S)NN=Cc1cc(C)ccc1C. The molecule has 0 saturated heterocycles. The van der Waals surface area contributed by atoms with Crippen molar-refractivity contribution in [3.63, 3.8) is 0 Å². The second kappa shape index (κ2) is 7.79. The summed E-state index contributed by atoms with van der Waals surface area (Å²) in [6.07, 6.45) is 1.77. The zero-order valence-electron chi connectivity index (χ0n) is 11.0. The van der Waals surface area contributed by atoms with Crippen LogP contribution in [0.5, 0.6) is 0 Å². The van der Waals surface area contributed by atoms with Gasteiger partial charge in [-0.25, -0.2) is 0 Å². The Morgan fingerprint density at radius 2 is 2.22 bits per heavy atom. The Morgan fingerprint density at radius 1 is 1.44 bits per heavy atom. The Kier molecular flexibility index (Phi) is 6.32. The van der Waals surface area contributed by atoms with Gasteiger partial charge in [0.15, 0.2) is 5.11 Å². The fourth-order valence-corrected chi connectivity index (χ4v) is 1.52. The van der Waals surface area contributed by atoms with E-state index in [0.29, 0.717) is 18.3 Å². The smallest absolute Gasteiger partial charge is 0.187 e. The molecule has 0 amide bonds. The van der Waals surface area contributed by atoms with Crippen molar-refractivity contribution in [2.24, 2.45) is 5.10 Å². The Balaban J connectivity index is 2.44. The van der Waals surface area contributed by atoms with Crippen LogP contribution < -0.4 is 10.7 Å². The first-order valence-corrected chi connectivity index (χ1v) is 6.17. The lowest BCUT2D eigenvalue weighted by Crippen LogP contribution is -2.34. The van der Waals surface area contributed by atoms with Crippen molar-refractivity contribution in [2.45, 2.75) is 13.8 Å². The zero-order chi connectivity index (χ0) is 13.4. The zero-order valence-corrected chi connectivity index (χ0v) is 11.8. The molecule has 98 valence electrons. The highest BCUT2D eigenvalue weighted by molar-refractivity contribution is 7.80. The number of hydrogen-bond acceptors (Lipinski definition) is 3. The van der Waals surface area contributed by atoms with Crippen molar-refractivity contribution in [2.75, 3.05) is 20.3 Å². The van der Waals surface area contributed by atoms with Crippen molar-refractivity contribution in [3.8, 4) is 0 Å². The predicted octanol–water partition coefficient (Wildman–Crippen LogP) is 1.75. The fourth-order valence-electron chi connectivity index (χ4n) is 1.37. The van der Waals surface area contributed by atoms with Gasteiger partial charge in [-0.15, -0.1) is 0 Å². The lowest BCUT2D eigenvalue weighted by Gasteiger charge is -2.06. The normalized spacial score (nSPS) is 10.6. The molecule has 2 N–H and O–H groups in total. The van der Waals surface area contributed by atoms with Crippen LogP contribution in [0.1, 0.15) is 16.7 Å². The fraction of sp³-hybridized carbons (Fsp3) is 0.385. The number of thiocarbonyl (C=S) groups is 1. The van der Waals surface area contributed by atoms with Gasteiger partial charge in [0.1, 0.15) is 0 Å². The van der Waals surface area contributed by atoms with E-state index in [-0.39, 0.29) is 0 Å². The van der Waals surface area contributed by atoms with Crippen LogP contribution in [-0.4, -0.2) is 31.6 Å². The minimum atomic E-state index is 0.494. The van der Waals surface area contributed by atoms with E-state index in [0.717, 1.165) is 5.56 Å². The van der Waals surface area contributed by atoms with Crippen LogP contribution in [0, 0.1) is 13.8 Å². The number of hydrazone groups is 1. The van der Waals surface area contributed by atoms with Crippen LogP contribution in [0.2, 0.25) is 0 Å². The number of nitrogens with one attached hydrogen (secondary N) is 2. The minimum Gasteiger partial charge on any atom is -0.383 e. The average Bonchev–Trinajstić information content (AvgIpc) is 2.34. The maximum Gasteiger partial charge on any atom is 0.187 e. The summed E-state index contributed by atoms with van der Waals surface area (Å²) < 4.78 is 4.91. The highest BCUT2D eigenvalue weighted by Crippen LogP contribution is 2.07. The van der Waals surface area contributed by atoms with Gasteiger partial charge in [0, 0.05) is 13.7 Å². The highest BCUT2D eigenvalue weighted by atomic mass is 32.1. The lowest BCUT2D eigenvalue weighted by atomic mass is 10.1. The van der Waals surface area contributed by atoms with Crippen LogP contribution in [0.25, 0.3) is 0 Å². The topological polar surface area (TPSA) is 45.6 Å². The van der Waals surface area contributed by atoms with Crippen LogP contribution in [0.15, 0.2) is 23.3 Å². The maximum atomic E-state index is 5.05. The van der Waals surface area contributed by atoms with Crippen molar-refractivity contribution in [1.82, 2.24) is 10.7 Å². The highest BCUT2D eigenvalue weighted by Gasteiger charge is 1.95. The molecule has 1 aromatic rings. The second-order valence-corrected chi connectivity index (χ2v) is 4.39. The quantitative estimate of drug-likeness (QED) is 0.368. The molecule has 0 radical (unpaired) electrons. The molecule has 1 rings (SSSR count). The number of methoxy groups -OCH3 is 1. The Hall–Kier alpha value is -1.46. The Bertz CT molecular complexity index is 432. The molecular formula is C13H19N3OS. The second-order valence-electron chi connectivity index (χ2n) is 3.98. The van der Waals surface area contributed by atoms with E-state index >= 15 is 0 Å². The number of rotatable bonds is 5. The monoisotopic (exact) mass is 265 g/mol. The molecule has 0 bridgehead atoms. The van der Waals surface area contributed by atoms with Crippen LogP contribution in [0.4, 0.5) is 0 Å². The third kappa shape index (κ3) is 5.25. The van der Waals surface area contributed by atoms with E-state index in [1.165, 1.54) is 11.1 Å². The van der Waals surface area contributed by atoms with Gasteiger partial charge in [-0.2, -0.15) is 5.10 Å². The summed E-state index contributed by atoms with van der Waals surface area (Å²) in [6, 6.07) is 6.24. The van der Waals surface area contributed by atoms with Gasteiger partial charge in [0.25, 0.3) is 0 Å². The van der Waals surface area contributed by atoms with Crippen LogP contribution in [0.3, 0.4) is 0 Å². The largest absolute Gasteiger partial charge is 0.383 e. The van der Waals surface area contributed by atoms with Gasteiger partial charge < -0.3 is 10.1 Å². The summed E-state index contributed by atoms with van der Waals surface area (Å²) in [5, 5.41) is 7.57. The molecule has 0 heterocycles. The Labute approximate surface area is 113 Å². The number of nitrogens with zero attached hydrogens (tertiary/aromatic N) is 1. The van der Waals surface area contributed by atoms with Gasteiger partial charge in [0.2, 0.25) is 0 Å². The molecule has 5 heteroatoms. The number of aryl methyl sites for hydroxylation is 2. The van der Waals surface area contributed by atoms with Crippen LogP contribution in [-0.2, 0) is 4.74 Å².